The Bertz CT molecular complexity index is 716. The van der Waals surface area contributed by atoms with Gasteiger partial charge in [-0.3, -0.25) is 0 Å². The second-order valence-corrected chi connectivity index (χ2v) is 5.01. The molecule has 2 aliphatic rings. The molecule has 0 spiro atoms. The summed E-state index contributed by atoms with van der Waals surface area (Å²) in [7, 11) is 1.44. The summed E-state index contributed by atoms with van der Waals surface area (Å²) in [6.07, 6.45) is 9.26. The first kappa shape index (κ1) is 14.1. The lowest BCUT2D eigenvalue weighted by atomic mass is 9.93. The highest BCUT2D eigenvalue weighted by molar-refractivity contribution is 5.84. The molecule has 3 rings (SSSR count). The van der Waals surface area contributed by atoms with Crippen LogP contribution in [0.15, 0.2) is 48.3 Å². The number of rotatable bonds is 4. The molecule has 1 atom stereocenters. The van der Waals surface area contributed by atoms with Crippen molar-refractivity contribution < 1.29 is 19.7 Å². The highest BCUT2D eigenvalue weighted by Crippen LogP contribution is 2.46. The summed E-state index contributed by atoms with van der Waals surface area (Å²) in [5.41, 5.74) is 2.17. The largest absolute Gasteiger partial charge is 0.504 e. The van der Waals surface area contributed by atoms with Gasteiger partial charge in [-0.25, -0.2) is 0 Å². The van der Waals surface area contributed by atoms with Crippen LogP contribution >= 0.6 is 0 Å². The molecule has 1 unspecified atom stereocenters. The molecular weight excluding hydrogens is 282 g/mol. The van der Waals surface area contributed by atoms with Gasteiger partial charge < -0.3 is 25.0 Å². The van der Waals surface area contributed by atoms with Gasteiger partial charge in [0, 0.05) is 17.3 Å². The normalized spacial score (nSPS) is 18.3. The van der Waals surface area contributed by atoms with Gasteiger partial charge in [0.15, 0.2) is 11.5 Å². The molecule has 114 valence electrons. The number of fused-ring (bicyclic) bond motifs is 2. The molecule has 22 heavy (non-hydrogen) atoms. The Hall–Kier alpha value is -2.82. The molecule has 0 fully saturated rings. The van der Waals surface area contributed by atoms with E-state index in [1.54, 1.807) is 12.1 Å². The van der Waals surface area contributed by atoms with E-state index in [0.717, 1.165) is 11.3 Å². The number of hydrogen-bond donors (Lipinski definition) is 3. The third kappa shape index (κ3) is 2.30. The molecule has 1 heterocycles. The van der Waals surface area contributed by atoms with Gasteiger partial charge in [-0.05, 0) is 23.8 Å². The van der Waals surface area contributed by atoms with E-state index in [2.05, 4.69) is 11.9 Å². The van der Waals surface area contributed by atoms with E-state index in [-0.39, 0.29) is 23.3 Å². The Labute approximate surface area is 128 Å². The molecule has 1 aliphatic carbocycles. The molecule has 0 radical (unpaired) electrons. The molecular formula is C17H17NO4. The lowest BCUT2D eigenvalue weighted by Gasteiger charge is -2.28. The van der Waals surface area contributed by atoms with Crippen molar-refractivity contribution in [2.45, 2.75) is 6.04 Å². The van der Waals surface area contributed by atoms with Crippen LogP contribution in [0.5, 0.6) is 17.2 Å². The number of allylic oxidation sites excluding steroid dienone is 1. The fourth-order valence-corrected chi connectivity index (χ4v) is 2.52. The summed E-state index contributed by atoms with van der Waals surface area (Å²) in [6, 6.07) is 1.65. The molecule has 0 aromatic heterocycles. The predicted molar refractivity (Wildman–Crippen MR) is 85.1 cm³/mol. The maximum Gasteiger partial charge on any atom is 0.201 e. The summed E-state index contributed by atoms with van der Waals surface area (Å²) in [6.45, 7) is 4.05. The van der Waals surface area contributed by atoms with Crippen molar-refractivity contribution in [3.63, 3.8) is 0 Å². The van der Waals surface area contributed by atoms with Crippen LogP contribution in [0.2, 0.25) is 0 Å². The first-order valence-electron chi connectivity index (χ1n) is 6.88. The molecule has 1 aromatic rings. The van der Waals surface area contributed by atoms with Gasteiger partial charge >= 0.3 is 0 Å². The molecule has 5 nitrogen and oxygen atoms in total. The number of ether oxygens (including phenoxy) is 2. The number of benzene rings is 1. The van der Waals surface area contributed by atoms with E-state index in [4.69, 9.17) is 9.47 Å². The number of phenolic OH excluding ortho intramolecular Hbond substituents is 2. The zero-order valence-electron chi connectivity index (χ0n) is 12.2. The van der Waals surface area contributed by atoms with Gasteiger partial charge in [0.25, 0.3) is 0 Å². The van der Waals surface area contributed by atoms with Crippen LogP contribution < -0.4 is 10.1 Å². The predicted octanol–water partition coefficient (Wildman–Crippen LogP) is 2.94. The van der Waals surface area contributed by atoms with Gasteiger partial charge in [0.2, 0.25) is 5.75 Å². The molecule has 1 aromatic carbocycles. The highest BCUT2D eigenvalue weighted by Gasteiger charge is 2.25. The standard InChI is InChI=1S/C17H17NO4/c1-3-6-22-11-4-5-13-10(7-11)8-12-14(18-13)9-15(21-2)17(20)16(12)19/h3-5,7-9,13,18-20H,1,6H2,2H3. The van der Waals surface area contributed by atoms with Crippen molar-refractivity contribution in [2.75, 3.05) is 19.0 Å². The molecule has 5 heteroatoms. The fraction of sp³-hybridized carbons (Fsp3) is 0.176. The zero-order valence-corrected chi connectivity index (χ0v) is 12.2. The highest BCUT2D eigenvalue weighted by atomic mass is 16.5. The minimum atomic E-state index is -0.267. The van der Waals surface area contributed by atoms with Crippen LogP contribution in [-0.4, -0.2) is 30.0 Å². The average molecular weight is 299 g/mol. The second-order valence-electron chi connectivity index (χ2n) is 5.01. The maximum absolute atomic E-state index is 10.2. The van der Waals surface area contributed by atoms with Crippen LogP contribution in [0, 0.1) is 0 Å². The van der Waals surface area contributed by atoms with Crippen LogP contribution in [-0.2, 0) is 4.74 Å². The number of aromatic hydroxyl groups is 2. The minimum absolute atomic E-state index is 0.0165. The van der Waals surface area contributed by atoms with Crippen LogP contribution in [0.4, 0.5) is 5.69 Å². The minimum Gasteiger partial charge on any atom is -0.504 e. The third-order valence-corrected chi connectivity index (χ3v) is 3.61. The first-order valence-corrected chi connectivity index (χ1v) is 6.88. The van der Waals surface area contributed by atoms with E-state index in [1.807, 2.05) is 24.3 Å². The lowest BCUT2D eigenvalue weighted by molar-refractivity contribution is 0.260. The van der Waals surface area contributed by atoms with E-state index in [0.29, 0.717) is 17.9 Å². The van der Waals surface area contributed by atoms with Gasteiger partial charge in [0.1, 0.15) is 12.4 Å². The molecule has 3 N–H and O–H groups in total. The van der Waals surface area contributed by atoms with Gasteiger partial charge in [-0.1, -0.05) is 18.7 Å². The first-order chi connectivity index (χ1) is 10.6. The summed E-state index contributed by atoms with van der Waals surface area (Å²) < 4.78 is 10.6. The van der Waals surface area contributed by atoms with Crippen LogP contribution in [0.3, 0.4) is 0 Å². The van der Waals surface area contributed by atoms with Crippen LogP contribution in [0.25, 0.3) is 6.08 Å². The zero-order chi connectivity index (χ0) is 15.7. The molecule has 0 amide bonds. The number of methoxy groups -OCH3 is 1. The van der Waals surface area contributed by atoms with Crippen molar-refractivity contribution in [1.29, 1.82) is 0 Å². The molecule has 0 saturated heterocycles. The Morgan fingerprint density at radius 1 is 1.32 bits per heavy atom. The molecule has 1 aliphatic heterocycles. The fourth-order valence-electron chi connectivity index (χ4n) is 2.52. The van der Waals surface area contributed by atoms with Crippen molar-refractivity contribution in [3.05, 3.63) is 53.8 Å². The van der Waals surface area contributed by atoms with Crippen LogP contribution in [0.1, 0.15) is 5.56 Å². The number of phenols is 2. The van der Waals surface area contributed by atoms with Crippen molar-refractivity contribution in [2.24, 2.45) is 0 Å². The Kier molecular flexibility index (Phi) is 3.55. The topological polar surface area (TPSA) is 71.0 Å². The van der Waals surface area contributed by atoms with E-state index in [1.165, 1.54) is 7.11 Å². The lowest BCUT2D eigenvalue weighted by Crippen LogP contribution is -2.24. The summed E-state index contributed by atoms with van der Waals surface area (Å²) >= 11 is 0. The number of anilines is 1. The monoisotopic (exact) mass is 299 g/mol. The summed E-state index contributed by atoms with van der Waals surface area (Å²) in [4.78, 5) is 0. The van der Waals surface area contributed by atoms with Gasteiger partial charge in [0.05, 0.1) is 13.2 Å². The smallest absolute Gasteiger partial charge is 0.201 e. The van der Waals surface area contributed by atoms with Gasteiger partial charge in [-0.2, -0.15) is 0 Å². The Morgan fingerprint density at radius 3 is 2.86 bits per heavy atom. The number of hydrogen-bond acceptors (Lipinski definition) is 5. The van der Waals surface area contributed by atoms with Gasteiger partial charge in [-0.15, -0.1) is 0 Å². The Morgan fingerprint density at radius 2 is 2.14 bits per heavy atom. The molecule has 0 saturated carbocycles. The SMILES string of the molecule is C=CCOC1=CC2=Cc3c(cc(OC)c(O)c3O)NC2C=C1. The maximum atomic E-state index is 10.2. The third-order valence-electron chi connectivity index (χ3n) is 3.61. The van der Waals surface area contributed by atoms with Crippen molar-refractivity contribution >= 4 is 11.8 Å². The van der Waals surface area contributed by atoms with E-state index in [9.17, 15) is 10.2 Å². The molecule has 0 bridgehead atoms. The Balaban J connectivity index is 2.01. The number of nitrogens with one attached hydrogen (secondary N) is 1. The van der Waals surface area contributed by atoms with Crippen molar-refractivity contribution in [1.82, 2.24) is 0 Å². The van der Waals surface area contributed by atoms with E-state index >= 15 is 0 Å². The average Bonchev–Trinajstić information content (AvgIpc) is 2.54. The summed E-state index contributed by atoms with van der Waals surface area (Å²) in [5, 5.41) is 23.4. The quantitative estimate of drug-likeness (QED) is 0.453. The second kappa shape index (κ2) is 5.52. The van der Waals surface area contributed by atoms with E-state index < -0.39 is 0 Å². The van der Waals surface area contributed by atoms with Crippen molar-refractivity contribution in [3.8, 4) is 17.2 Å². The summed E-state index contributed by atoms with van der Waals surface area (Å²) in [5.74, 6) is 0.483.